The Morgan fingerprint density at radius 2 is 2.17 bits per heavy atom. The first-order valence-corrected chi connectivity index (χ1v) is 4.67. The normalized spacial score (nSPS) is 15.3. The van der Waals surface area contributed by atoms with Gasteiger partial charge in [-0.3, -0.25) is 0 Å². The van der Waals surface area contributed by atoms with Crippen molar-refractivity contribution in [2.45, 2.75) is 25.7 Å². The Hall–Kier alpha value is -0.830. The molecule has 0 atom stereocenters. The van der Waals surface area contributed by atoms with E-state index < -0.39 is 0 Å². The van der Waals surface area contributed by atoms with Crippen molar-refractivity contribution in [3.63, 3.8) is 0 Å². The molecular weight excluding hydrogens is 168 g/mol. The standard InChI is InChI=1S/C9H10N2S/c12-6-9-10-5-7-3-1-2-4-8(7)11-9/h5-6H,1-4H2. The molecule has 1 aliphatic rings. The fourth-order valence-electron chi connectivity index (χ4n) is 1.55. The van der Waals surface area contributed by atoms with Crippen LogP contribution in [0.5, 0.6) is 0 Å². The molecule has 0 amide bonds. The number of fused-ring (bicyclic) bond motifs is 1. The van der Waals surface area contributed by atoms with Crippen LogP contribution in [0.2, 0.25) is 0 Å². The smallest absolute Gasteiger partial charge is 0.162 e. The molecule has 2 rings (SSSR count). The molecule has 3 heteroatoms. The maximum Gasteiger partial charge on any atom is 0.162 e. The van der Waals surface area contributed by atoms with Crippen molar-refractivity contribution in [3.8, 4) is 0 Å². The Labute approximate surface area is 77.0 Å². The maximum atomic E-state index is 4.77. The van der Waals surface area contributed by atoms with Crippen molar-refractivity contribution in [2.75, 3.05) is 0 Å². The molecule has 12 heavy (non-hydrogen) atoms. The van der Waals surface area contributed by atoms with Crippen molar-refractivity contribution in [2.24, 2.45) is 0 Å². The first-order valence-electron chi connectivity index (χ1n) is 4.20. The van der Waals surface area contributed by atoms with Gasteiger partial charge in [-0.05, 0) is 31.2 Å². The summed E-state index contributed by atoms with van der Waals surface area (Å²) in [5.74, 6) is 0.686. The second-order valence-corrected chi connectivity index (χ2v) is 3.26. The van der Waals surface area contributed by atoms with E-state index in [-0.39, 0.29) is 0 Å². The Kier molecular flexibility index (Phi) is 2.13. The molecule has 1 heterocycles. The van der Waals surface area contributed by atoms with Gasteiger partial charge in [-0.2, -0.15) is 0 Å². The Balaban J connectivity index is 2.42. The lowest BCUT2D eigenvalue weighted by atomic mass is 9.98. The van der Waals surface area contributed by atoms with Crippen LogP contribution >= 0.6 is 12.2 Å². The summed E-state index contributed by atoms with van der Waals surface area (Å²) in [6, 6.07) is 0. The highest BCUT2D eigenvalue weighted by Gasteiger charge is 2.10. The molecule has 1 aliphatic carbocycles. The quantitative estimate of drug-likeness (QED) is 0.612. The van der Waals surface area contributed by atoms with Gasteiger partial charge in [-0.25, -0.2) is 9.97 Å². The Bertz CT molecular complexity index is 309. The third-order valence-corrected chi connectivity index (χ3v) is 2.40. The van der Waals surface area contributed by atoms with Crippen molar-refractivity contribution in [1.82, 2.24) is 9.97 Å². The predicted molar refractivity (Wildman–Crippen MR) is 51.4 cm³/mol. The molecule has 0 N–H and O–H groups in total. The van der Waals surface area contributed by atoms with E-state index in [1.807, 2.05) is 6.20 Å². The van der Waals surface area contributed by atoms with E-state index in [9.17, 15) is 0 Å². The molecule has 0 bridgehead atoms. The number of hydrogen-bond donors (Lipinski definition) is 0. The lowest BCUT2D eigenvalue weighted by Gasteiger charge is -2.13. The summed E-state index contributed by atoms with van der Waals surface area (Å²) in [5.41, 5.74) is 2.51. The third kappa shape index (κ3) is 1.37. The van der Waals surface area contributed by atoms with Gasteiger partial charge in [0, 0.05) is 17.3 Å². The zero-order valence-corrected chi connectivity index (χ0v) is 7.60. The second kappa shape index (κ2) is 3.27. The lowest BCUT2D eigenvalue weighted by molar-refractivity contribution is 0.661. The third-order valence-electron chi connectivity index (χ3n) is 2.19. The molecule has 1 aromatic rings. The maximum absolute atomic E-state index is 4.77. The topological polar surface area (TPSA) is 25.8 Å². The van der Waals surface area contributed by atoms with Gasteiger partial charge in [0.15, 0.2) is 5.82 Å². The molecule has 0 saturated carbocycles. The van der Waals surface area contributed by atoms with Crippen molar-refractivity contribution in [3.05, 3.63) is 23.3 Å². The van der Waals surface area contributed by atoms with Crippen LogP contribution in [0.4, 0.5) is 0 Å². The summed E-state index contributed by atoms with van der Waals surface area (Å²) in [6.45, 7) is 0. The van der Waals surface area contributed by atoms with Crippen LogP contribution in [0.1, 0.15) is 29.9 Å². The number of rotatable bonds is 1. The number of nitrogens with zero attached hydrogens (tertiary/aromatic N) is 2. The summed E-state index contributed by atoms with van der Waals surface area (Å²) >= 11 is 4.77. The summed E-state index contributed by atoms with van der Waals surface area (Å²) in [6.07, 6.45) is 6.66. The molecule has 0 unspecified atom stereocenters. The second-order valence-electron chi connectivity index (χ2n) is 3.03. The number of thiocarbonyl (C=S) groups is 1. The van der Waals surface area contributed by atoms with Crippen LogP contribution in [0.3, 0.4) is 0 Å². The minimum absolute atomic E-state index is 0.686. The Morgan fingerprint density at radius 3 is 3.00 bits per heavy atom. The van der Waals surface area contributed by atoms with Gasteiger partial charge in [-0.1, -0.05) is 12.2 Å². The van der Waals surface area contributed by atoms with Crippen LogP contribution in [-0.2, 0) is 12.8 Å². The van der Waals surface area contributed by atoms with Crippen LogP contribution in [-0.4, -0.2) is 15.3 Å². The van der Waals surface area contributed by atoms with Crippen molar-refractivity contribution >= 4 is 17.6 Å². The molecule has 0 aliphatic heterocycles. The van der Waals surface area contributed by atoms with E-state index in [4.69, 9.17) is 12.2 Å². The zero-order valence-electron chi connectivity index (χ0n) is 6.79. The molecule has 62 valence electrons. The predicted octanol–water partition coefficient (Wildman–Crippen LogP) is 1.70. The fraction of sp³-hybridized carbons (Fsp3) is 0.444. The molecule has 0 fully saturated rings. The van der Waals surface area contributed by atoms with Crippen LogP contribution in [0, 0.1) is 0 Å². The molecule has 2 nitrogen and oxygen atoms in total. The summed E-state index contributed by atoms with van der Waals surface area (Å²) in [7, 11) is 0. The summed E-state index contributed by atoms with van der Waals surface area (Å²) in [4.78, 5) is 8.50. The Morgan fingerprint density at radius 1 is 1.33 bits per heavy atom. The highest BCUT2D eigenvalue weighted by atomic mass is 32.1. The summed E-state index contributed by atoms with van der Waals surface area (Å²) in [5, 5.41) is 1.54. The van der Waals surface area contributed by atoms with Gasteiger partial charge >= 0.3 is 0 Å². The van der Waals surface area contributed by atoms with E-state index in [0.29, 0.717) is 5.82 Å². The van der Waals surface area contributed by atoms with Gasteiger partial charge in [-0.15, -0.1) is 0 Å². The van der Waals surface area contributed by atoms with E-state index in [1.54, 1.807) is 0 Å². The first kappa shape index (κ1) is 7.80. The lowest BCUT2D eigenvalue weighted by Crippen LogP contribution is -2.08. The number of aryl methyl sites for hydroxylation is 2. The van der Waals surface area contributed by atoms with Crippen molar-refractivity contribution in [1.29, 1.82) is 0 Å². The average molecular weight is 178 g/mol. The van der Waals surface area contributed by atoms with E-state index >= 15 is 0 Å². The highest BCUT2D eigenvalue weighted by Crippen LogP contribution is 2.17. The van der Waals surface area contributed by atoms with Gasteiger partial charge in [0.25, 0.3) is 0 Å². The minimum atomic E-state index is 0.686. The molecule has 1 aromatic heterocycles. The van der Waals surface area contributed by atoms with Crippen molar-refractivity contribution < 1.29 is 0 Å². The molecule has 0 aromatic carbocycles. The zero-order chi connectivity index (χ0) is 8.39. The molecule has 0 radical (unpaired) electrons. The van der Waals surface area contributed by atoms with Gasteiger partial charge < -0.3 is 0 Å². The monoisotopic (exact) mass is 178 g/mol. The van der Waals surface area contributed by atoms with Crippen LogP contribution in [0.15, 0.2) is 6.20 Å². The van der Waals surface area contributed by atoms with E-state index in [0.717, 1.165) is 12.8 Å². The molecule has 0 spiro atoms. The van der Waals surface area contributed by atoms with Gasteiger partial charge in [0.1, 0.15) is 0 Å². The molecule has 0 saturated heterocycles. The van der Waals surface area contributed by atoms with Gasteiger partial charge in [0.05, 0.1) is 0 Å². The first-order chi connectivity index (χ1) is 5.90. The summed E-state index contributed by atoms with van der Waals surface area (Å²) < 4.78 is 0. The fourth-order valence-corrected chi connectivity index (χ4v) is 1.66. The van der Waals surface area contributed by atoms with Gasteiger partial charge in [0.2, 0.25) is 0 Å². The molecular formula is C9H10N2S. The van der Waals surface area contributed by atoms with Crippen LogP contribution < -0.4 is 0 Å². The number of hydrogen-bond acceptors (Lipinski definition) is 3. The van der Waals surface area contributed by atoms with E-state index in [1.165, 1.54) is 29.5 Å². The SMILES string of the molecule is S=Cc1ncc2c(n1)CCCC2. The minimum Gasteiger partial charge on any atom is -0.236 e. The highest BCUT2D eigenvalue weighted by molar-refractivity contribution is 7.79. The largest absolute Gasteiger partial charge is 0.236 e. The van der Waals surface area contributed by atoms with Crippen LogP contribution in [0.25, 0.3) is 0 Å². The number of aromatic nitrogens is 2. The average Bonchev–Trinajstić information content (AvgIpc) is 2.17. The van der Waals surface area contributed by atoms with E-state index in [2.05, 4.69) is 9.97 Å².